The van der Waals surface area contributed by atoms with Crippen molar-refractivity contribution in [3.63, 3.8) is 0 Å². The van der Waals surface area contributed by atoms with Crippen molar-refractivity contribution in [1.82, 2.24) is 0 Å². The lowest BCUT2D eigenvalue weighted by atomic mass is 9.77. The summed E-state index contributed by atoms with van der Waals surface area (Å²) in [6.07, 6.45) is 0.597. The Labute approximate surface area is 141 Å². The van der Waals surface area contributed by atoms with Crippen LogP contribution >= 0.6 is 38.5 Å². The lowest BCUT2D eigenvalue weighted by Crippen LogP contribution is -2.37. The van der Waals surface area contributed by atoms with Gasteiger partial charge in [-0.05, 0) is 58.3 Å². The SMILES string of the molecule is OCC(CO)(Cc1ccc(I)cc1)c1ccccc1Br. The molecule has 0 fully saturated rings. The zero-order valence-corrected chi connectivity index (χ0v) is 14.6. The summed E-state index contributed by atoms with van der Waals surface area (Å²) in [5, 5.41) is 19.8. The fraction of sp³-hybridized carbons (Fsp3) is 0.250. The molecule has 0 atom stereocenters. The summed E-state index contributed by atoms with van der Waals surface area (Å²) in [6.45, 7) is -0.198. The Morgan fingerprint density at radius 1 is 0.950 bits per heavy atom. The number of aliphatic hydroxyl groups excluding tert-OH is 2. The van der Waals surface area contributed by atoms with Crippen molar-refractivity contribution in [1.29, 1.82) is 0 Å². The maximum atomic E-state index is 9.89. The van der Waals surface area contributed by atoms with Crippen LogP contribution in [0.25, 0.3) is 0 Å². The van der Waals surface area contributed by atoms with Gasteiger partial charge in [-0.1, -0.05) is 46.3 Å². The van der Waals surface area contributed by atoms with Crippen molar-refractivity contribution in [2.24, 2.45) is 0 Å². The van der Waals surface area contributed by atoms with Crippen LogP contribution in [0.4, 0.5) is 0 Å². The molecular weight excluding hydrogens is 431 g/mol. The van der Waals surface area contributed by atoms with Gasteiger partial charge in [0.15, 0.2) is 0 Å². The highest BCUT2D eigenvalue weighted by atomic mass is 127. The Hall–Kier alpha value is -0.430. The number of hydrogen-bond acceptors (Lipinski definition) is 2. The van der Waals surface area contributed by atoms with Crippen LogP contribution in [0.2, 0.25) is 0 Å². The van der Waals surface area contributed by atoms with Crippen molar-refractivity contribution in [2.45, 2.75) is 11.8 Å². The molecule has 2 N–H and O–H groups in total. The number of hydrogen-bond donors (Lipinski definition) is 2. The van der Waals surface area contributed by atoms with Gasteiger partial charge in [0.2, 0.25) is 0 Å². The summed E-state index contributed by atoms with van der Waals surface area (Å²) in [7, 11) is 0. The van der Waals surface area contributed by atoms with Gasteiger partial charge in [0, 0.05) is 13.5 Å². The number of aliphatic hydroxyl groups is 2. The van der Waals surface area contributed by atoms with Gasteiger partial charge in [-0.25, -0.2) is 0 Å². The van der Waals surface area contributed by atoms with E-state index in [1.165, 1.54) is 3.57 Å². The molecule has 4 heteroatoms. The Morgan fingerprint density at radius 2 is 1.55 bits per heavy atom. The molecule has 0 heterocycles. The summed E-state index contributed by atoms with van der Waals surface area (Å²) < 4.78 is 2.08. The van der Waals surface area contributed by atoms with Gasteiger partial charge in [0.05, 0.1) is 13.2 Å². The maximum absolute atomic E-state index is 9.89. The minimum Gasteiger partial charge on any atom is -0.395 e. The van der Waals surface area contributed by atoms with E-state index >= 15 is 0 Å². The van der Waals surface area contributed by atoms with Crippen LogP contribution in [0, 0.1) is 3.57 Å². The first kappa shape index (κ1) is 15.9. The summed E-state index contributed by atoms with van der Waals surface area (Å²) in [5.74, 6) is 0. The number of halogens is 2. The van der Waals surface area contributed by atoms with Gasteiger partial charge in [0.25, 0.3) is 0 Å². The summed E-state index contributed by atoms with van der Waals surface area (Å²) in [6, 6.07) is 15.9. The predicted molar refractivity (Wildman–Crippen MR) is 92.9 cm³/mol. The van der Waals surface area contributed by atoms with E-state index in [0.29, 0.717) is 6.42 Å². The standard InChI is InChI=1S/C16H16BrIO2/c17-15-4-2-1-3-14(15)16(10-19,11-20)9-12-5-7-13(18)8-6-12/h1-8,19-20H,9-11H2. The quantitative estimate of drug-likeness (QED) is 0.690. The van der Waals surface area contributed by atoms with E-state index in [2.05, 4.69) is 38.5 Å². The molecule has 0 amide bonds. The van der Waals surface area contributed by atoms with Gasteiger partial charge in [-0.3, -0.25) is 0 Å². The second-order valence-corrected chi connectivity index (χ2v) is 6.98. The Morgan fingerprint density at radius 3 is 2.10 bits per heavy atom. The Kier molecular flexibility index (Phi) is 5.60. The lowest BCUT2D eigenvalue weighted by molar-refractivity contribution is 0.115. The maximum Gasteiger partial charge on any atom is 0.0553 e. The van der Waals surface area contributed by atoms with Crippen LogP contribution in [0.3, 0.4) is 0 Å². The smallest absolute Gasteiger partial charge is 0.0553 e. The highest BCUT2D eigenvalue weighted by molar-refractivity contribution is 14.1. The van der Waals surface area contributed by atoms with Gasteiger partial charge in [0.1, 0.15) is 0 Å². The summed E-state index contributed by atoms with van der Waals surface area (Å²) >= 11 is 5.78. The second kappa shape index (κ2) is 7.02. The van der Waals surface area contributed by atoms with E-state index in [1.807, 2.05) is 48.5 Å². The van der Waals surface area contributed by atoms with Crippen LogP contribution in [0.1, 0.15) is 11.1 Å². The molecule has 2 nitrogen and oxygen atoms in total. The van der Waals surface area contributed by atoms with E-state index in [9.17, 15) is 10.2 Å². The van der Waals surface area contributed by atoms with Gasteiger partial charge in [-0.15, -0.1) is 0 Å². The second-order valence-electron chi connectivity index (χ2n) is 4.88. The van der Waals surface area contributed by atoms with Crippen LogP contribution in [-0.2, 0) is 11.8 Å². The third-order valence-electron chi connectivity index (χ3n) is 3.51. The normalized spacial score (nSPS) is 11.6. The predicted octanol–water partition coefficient (Wildman–Crippen LogP) is 3.52. The average Bonchev–Trinajstić information content (AvgIpc) is 2.48. The average molecular weight is 447 g/mol. The first-order valence-electron chi connectivity index (χ1n) is 6.32. The highest BCUT2D eigenvalue weighted by Crippen LogP contribution is 2.33. The molecule has 0 aliphatic heterocycles. The van der Waals surface area contributed by atoms with E-state index in [4.69, 9.17) is 0 Å². The Bertz CT molecular complexity index is 565. The van der Waals surface area contributed by atoms with Crippen LogP contribution < -0.4 is 0 Å². The minimum atomic E-state index is -0.674. The van der Waals surface area contributed by atoms with E-state index in [0.717, 1.165) is 15.6 Å². The molecule has 0 aliphatic carbocycles. The monoisotopic (exact) mass is 446 g/mol. The van der Waals surface area contributed by atoms with Crippen LogP contribution in [0.5, 0.6) is 0 Å². The summed E-state index contributed by atoms with van der Waals surface area (Å²) in [5.41, 5.74) is 1.36. The highest BCUT2D eigenvalue weighted by Gasteiger charge is 2.33. The fourth-order valence-electron chi connectivity index (χ4n) is 2.31. The molecule has 0 bridgehead atoms. The number of benzene rings is 2. The largest absolute Gasteiger partial charge is 0.395 e. The van der Waals surface area contributed by atoms with Crippen molar-refractivity contribution < 1.29 is 10.2 Å². The molecular formula is C16H16BrIO2. The van der Waals surface area contributed by atoms with Gasteiger partial charge in [-0.2, -0.15) is 0 Å². The van der Waals surface area contributed by atoms with Crippen LogP contribution in [-0.4, -0.2) is 23.4 Å². The lowest BCUT2D eigenvalue weighted by Gasteiger charge is -2.31. The fourth-order valence-corrected chi connectivity index (χ4v) is 3.38. The topological polar surface area (TPSA) is 40.5 Å². The molecule has 2 aromatic carbocycles. The Balaban J connectivity index is 2.39. The molecule has 0 radical (unpaired) electrons. The first-order chi connectivity index (χ1) is 9.61. The van der Waals surface area contributed by atoms with E-state index in [-0.39, 0.29) is 13.2 Å². The van der Waals surface area contributed by atoms with E-state index < -0.39 is 5.41 Å². The molecule has 2 aromatic rings. The van der Waals surface area contributed by atoms with E-state index in [1.54, 1.807) is 0 Å². The summed E-state index contributed by atoms with van der Waals surface area (Å²) in [4.78, 5) is 0. The van der Waals surface area contributed by atoms with Crippen LogP contribution in [0.15, 0.2) is 53.0 Å². The molecule has 0 saturated carbocycles. The molecule has 106 valence electrons. The molecule has 2 rings (SSSR count). The first-order valence-corrected chi connectivity index (χ1v) is 8.20. The zero-order chi connectivity index (χ0) is 14.6. The van der Waals surface area contributed by atoms with Crippen molar-refractivity contribution in [3.05, 3.63) is 67.7 Å². The van der Waals surface area contributed by atoms with Gasteiger partial charge >= 0.3 is 0 Å². The third kappa shape index (κ3) is 3.42. The molecule has 0 unspecified atom stereocenters. The van der Waals surface area contributed by atoms with Crippen molar-refractivity contribution >= 4 is 38.5 Å². The molecule has 0 aromatic heterocycles. The van der Waals surface area contributed by atoms with Gasteiger partial charge < -0.3 is 10.2 Å². The number of rotatable bonds is 5. The third-order valence-corrected chi connectivity index (χ3v) is 4.92. The molecule has 0 spiro atoms. The minimum absolute atomic E-state index is 0.0991. The van der Waals surface area contributed by atoms with Crippen molar-refractivity contribution in [3.8, 4) is 0 Å². The van der Waals surface area contributed by atoms with Crippen molar-refractivity contribution in [2.75, 3.05) is 13.2 Å². The molecule has 0 saturated heterocycles. The molecule has 0 aliphatic rings. The molecule has 20 heavy (non-hydrogen) atoms. The zero-order valence-electron chi connectivity index (χ0n) is 10.9.